The maximum absolute atomic E-state index is 13.5. The average molecular weight is 1030 g/mol. The molecule has 410 valence electrons. The van der Waals surface area contributed by atoms with E-state index in [1.807, 2.05) is 100 Å². The zero-order valence-electron chi connectivity index (χ0n) is 46.5. The molecular formula is C63H101N2O7P. The van der Waals surface area contributed by atoms with Crippen molar-refractivity contribution in [1.29, 1.82) is 0 Å². The van der Waals surface area contributed by atoms with Crippen LogP contribution in [0, 0.1) is 0 Å². The van der Waals surface area contributed by atoms with Gasteiger partial charge in [-0.1, -0.05) is 230 Å². The number of rotatable bonds is 47. The van der Waals surface area contributed by atoms with Gasteiger partial charge in [-0.05, 0) is 89.5 Å². The van der Waals surface area contributed by atoms with Crippen LogP contribution in [0.15, 0.2) is 158 Å². The van der Waals surface area contributed by atoms with Gasteiger partial charge in [0.15, 0.2) is 0 Å². The molecule has 0 saturated heterocycles. The van der Waals surface area contributed by atoms with Gasteiger partial charge in [0.1, 0.15) is 19.3 Å². The van der Waals surface area contributed by atoms with Crippen molar-refractivity contribution in [3.63, 3.8) is 0 Å². The highest BCUT2D eigenvalue weighted by Crippen LogP contribution is 2.38. The minimum atomic E-state index is -4.73. The summed E-state index contributed by atoms with van der Waals surface area (Å²) in [6, 6.07) is -0.954. The van der Waals surface area contributed by atoms with Crippen LogP contribution >= 0.6 is 7.82 Å². The summed E-state index contributed by atoms with van der Waals surface area (Å²) in [6.45, 7) is 6.44. The lowest BCUT2D eigenvalue weighted by Gasteiger charge is -2.30. The van der Waals surface area contributed by atoms with Crippen molar-refractivity contribution >= 4 is 19.7 Å². The normalized spacial score (nSPS) is 15.0. The summed E-state index contributed by atoms with van der Waals surface area (Å²) in [5.41, 5.74) is 0. The molecule has 0 aromatic heterocycles. The van der Waals surface area contributed by atoms with Crippen molar-refractivity contribution in [2.45, 2.75) is 187 Å². The molecular weight excluding hydrogens is 928 g/mol. The second-order valence-corrected chi connectivity index (χ2v) is 20.5. The number of ether oxygens (including phenoxy) is 1. The van der Waals surface area contributed by atoms with Crippen molar-refractivity contribution in [2.75, 3.05) is 40.9 Å². The standard InChI is InChI=1S/C63H101N2O7P/c1-7-10-13-16-19-22-25-27-29-31-32-34-36-38-41-44-47-50-53-56-63(67)72-61(54-51-48-45-42-39-24-21-18-15-12-9-3)60(59-71-73(68,69)70-58-57-65(4,5)6)64-62(66)55-52-49-46-43-40-37-35-33-30-28-26-23-20-17-14-11-8-2/h10-11,13-14,17,19-20,22-23,26-30,32-35,37-38,40-41,47,50-51,54,60-61H,7-9,12,15-16,18,21,24-25,31,36,39,42-46,48-49,52-53,55-59H2,1-6H3,(H-,64,66,68,69)/b13-10-,14-11-,20-17+,22-19-,26-23+,29-27-,30-28-,34-32-,35-33+,40-37+,41-38-,50-47-,54-51+. The van der Waals surface area contributed by atoms with Gasteiger partial charge in [-0.2, -0.15) is 0 Å². The van der Waals surface area contributed by atoms with Gasteiger partial charge in [0.2, 0.25) is 5.91 Å². The van der Waals surface area contributed by atoms with Crippen LogP contribution < -0.4 is 10.2 Å². The molecule has 9 nitrogen and oxygen atoms in total. The number of esters is 1. The van der Waals surface area contributed by atoms with Gasteiger partial charge < -0.3 is 28.5 Å². The third kappa shape index (κ3) is 52.3. The first-order chi connectivity index (χ1) is 35.4. The van der Waals surface area contributed by atoms with Gasteiger partial charge in [0.05, 0.1) is 33.8 Å². The van der Waals surface area contributed by atoms with Gasteiger partial charge in [0.25, 0.3) is 7.82 Å². The smallest absolute Gasteiger partial charge is 0.306 e. The number of carbonyl (C=O) groups is 2. The predicted molar refractivity (Wildman–Crippen MR) is 311 cm³/mol. The Labute approximate surface area is 446 Å². The van der Waals surface area contributed by atoms with Crippen LogP contribution in [-0.2, 0) is 27.9 Å². The van der Waals surface area contributed by atoms with E-state index in [4.69, 9.17) is 13.8 Å². The summed E-state index contributed by atoms with van der Waals surface area (Å²) >= 11 is 0. The molecule has 0 aliphatic carbocycles. The van der Waals surface area contributed by atoms with E-state index < -0.39 is 32.5 Å². The minimum Gasteiger partial charge on any atom is -0.756 e. The van der Waals surface area contributed by atoms with Crippen LogP contribution in [0.3, 0.4) is 0 Å². The highest BCUT2D eigenvalue weighted by Gasteiger charge is 2.27. The number of hydrogen-bond acceptors (Lipinski definition) is 7. The molecule has 0 bridgehead atoms. The van der Waals surface area contributed by atoms with E-state index in [2.05, 4.69) is 99.0 Å². The Kier molecular flexibility index (Phi) is 48.1. The second kappa shape index (κ2) is 51.1. The zero-order valence-corrected chi connectivity index (χ0v) is 47.4. The fourth-order valence-corrected chi connectivity index (χ4v) is 7.59. The Morgan fingerprint density at radius 1 is 0.507 bits per heavy atom. The highest BCUT2D eigenvalue weighted by molar-refractivity contribution is 7.45. The van der Waals surface area contributed by atoms with Gasteiger partial charge in [-0.25, -0.2) is 0 Å². The molecule has 3 unspecified atom stereocenters. The molecule has 0 aromatic carbocycles. The van der Waals surface area contributed by atoms with E-state index in [1.54, 1.807) is 6.08 Å². The summed E-state index contributed by atoms with van der Waals surface area (Å²) in [5.74, 6) is -0.709. The summed E-state index contributed by atoms with van der Waals surface area (Å²) in [6.07, 6.45) is 75.1. The molecule has 0 saturated carbocycles. The third-order valence-corrected chi connectivity index (χ3v) is 12.1. The SMILES string of the molecule is CC\C=C/C=C/C=C/C=C\C=C\C=C\CCCCCC(=O)NC(COP(=O)([O-])OCC[N+](C)(C)C)C(/C=C/CCCCCCCCCCC)OC(=O)CC/C=C\C/C=C\C/C=C\C/C=C\C/C=C\C/C=C\CC. The number of nitrogens with zero attached hydrogens (tertiary/aromatic N) is 1. The van der Waals surface area contributed by atoms with Gasteiger partial charge in [-0.15, -0.1) is 0 Å². The molecule has 10 heteroatoms. The van der Waals surface area contributed by atoms with Crippen LogP contribution in [0.2, 0.25) is 0 Å². The highest BCUT2D eigenvalue weighted by atomic mass is 31.2. The predicted octanol–water partition coefficient (Wildman–Crippen LogP) is 16.2. The van der Waals surface area contributed by atoms with Crippen molar-refractivity contribution in [1.82, 2.24) is 5.32 Å². The molecule has 0 rings (SSSR count). The largest absolute Gasteiger partial charge is 0.756 e. The van der Waals surface area contributed by atoms with Gasteiger partial charge >= 0.3 is 5.97 Å². The number of unbranched alkanes of at least 4 members (excludes halogenated alkanes) is 12. The molecule has 0 aliphatic rings. The lowest BCUT2D eigenvalue weighted by Crippen LogP contribution is -2.47. The quantitative estimate of drug-likeness (QED) is 0.0161. The fourth-order valence-electron chi connectivity index (χ4n) is 6.87. The molecule has 0 spiro atoms. The monoisotopic (exact) mass is 1030 g/mol. The Balaban J connectivity index is 5.57. The van der Waals surface area contributed by atoms with Gasteiger partial charge in [-0.3, -0.25) is 14.2 Å². The molecule has 1 amide bonds. The van der Waals surface area contributed by atoms with Crippen LogP contribution in [0.5, 0.6) is 0 Å². The summed E-state index contributed by atoms with van der Waals surface area (Å²) in [5, 5.41) is 2.96. The van der Waals surface area contributed by atoms with Crippen molar-refractivity contribution in [3.05, 3.63) is 158 Å². The lowest BCUT2D eigenvalue weighted by molar-refractivity contribution is -0.870. The number of phosphoric ester groups is 1. The number of phosphoric acid groups is 1. The number of carbonyl (C=O) groups excluding carboxylic acids is 2. The summed E-state index contributed by atoms with van der Waals surface area (Å²) in [7, 11) is 1.08. The number of hydrogen-bond donors (Lipinski definition) is 1. The number of nitrogens with one attached hydrogen (secondary N) is 1. The molecule has 0 aliphatic heterocycles. The Hall–Kier alpha value is -4.37. The minimum absolute atomic E-state index is 0.0529. The lowest BCUT2D eigenvalue weighted by atomic mass is 10.1. The van der Waals surface area contributed by atoms with E-state index >= 15 is 0 Å². The molecule has 73 heavy (non-hydrogen) atoms. The maximum Gasteiger partial charge on any atom is 0.306 e. The van der Waals surface area contributed by atoms with Crippen LogP contribution in [-0.4, -0.2) is 69.4 Å². The van der Waals surface area contributed by atoms with Crippen molar-refractivity contribution in [3.8, 4) is 0 Å². The van der Waals surface area contributed by atoms with Crippen LogP contribution in [0.1, 0.15) is 175 Å². The van der Waals surface area contributed by atoms with Crippen LogP contribution in [0.25, 0.3) is 0 Å². The van der Waals surface area contributed by atoms with Crippen molar-refractivity contribution in [2.24, 2.45) is 0 Å². The molecule has 0 aromatic rings. The first-order valence-electron chi connectivity index (χ1n) is 27.9. The zero-order chi connectivity index (χ0) is 53.6. The van der Waals surface area contributed by atoms with Gasteiger partial charge in [0, 0.05) is 12.8 Å². The maximum atomic E-state index is 13.5. The second-order valence-electron chi connectivity index (χ2n) is 19.1. The number of likely N-dealkylation sites (N-methyl/N-ethyl adjacent to an activating group) is 1. The van der Waals surface area contributed by atoms with Crippen LogP contribution in [0.4, 0.5) is 0 Å². The first kappa shape index (κ1) is 68.6. The first-order valence-corrected chi connectivity index (χ1v) is 29.3. The summed E-state index contributed by atoms with van der Waals surface area (Å²) < 4.78 is 30.1. The number of allylic oxidation sites excluding steroid dienone is 25. The molecule has 0 heterocycles. The van der Waals surface area contributed by atoms with E-state index in [9.17, 15) is 19.0 Å². The van der Waals surface area contributed by atoms with E-state index in [1.165, 1.54) is 44.9 Å². The number of amides is 1. The Morgan fingerprint density at radius 3 is 1.48 bits per heavy atom. The van der Waals surface area contributed by atoms with E-state index in [-0.39, 0.29) is 25.4 Å². The molecule has 3 atom stereocenters. The van der Waals surface area contributed by atoms with E-state index in [0.29, 0.717) is 23.9 Å². The molecule has 1 N–H and O–H groups in total. The van der Waals surface area contributed by atoms with Crippen molar-refractivity contribution < 1.29 is 37.3 Å². The molecule has 0 radical (unpaired) electrons. The topological polar surface area (TPSA) is 114 Å². The Bertz CT molecular complexity index is 1800. The third-order valence-electron chi connectivity index (χ3n) is 11.1. The Morgan fingerprint density at radius 2 is 0.959 bits per heavy atom. The average Bonchev–Trinajstić information content (AvgIpc) is 3.35. The molecule has 0 fully saturated rings. The van der Waals surface area contributed by atoms with E-state index in [0.717, 1.165) is 83.5 Å². The number of quaternary nitrogens is 1. The fraction of sp³-hybridized carbons (Fsp3) is 0.556. The summed E-state index contributed by atoms with van der Waals surface area (Å²) in [4.78, 5) is 39.8.